The summed E-state index contributed by atoms with van der Waals surface area (Å²) in [6, 6.07) is -0.426. The summed E-state index contributed by atoms with van der Waals surface area (Å²) < 4.78 is 0. The van der Waals surface area contributed by atoms with Crippen molar-refractivity contribution < 1.29 is 4.79 Å². The van der Waals surface area contributed by atoms with Gasteiger partial charge in [0.25, 0.3) is 0 Å². The van der Waals surface area contributed by atoms with E-state index in [9.17, 15) is 4.79 Å². The topological polar surface area (TPSA) is 67.5 Å². The molecular weight excluding hydrogens is 190 g/mol. The molecule has 0 aliphatic carbocycles. The van der Waals surface area contributed by atoms with Crippen LogP contribution in [0, 0.1) is 0 Å². The lowest BCUT2D eigenvalue weighted by atomic mass is 10.1. The lowest BCUT2D eigenvalue weighted by Gasteiger charge is -2.10. The molecule has 1 atom stereocenters. The monoisotopic (exact) mass is 211 g/mol. The van der Waals surface area contributed by atoms with E-state index in [0.29, 0.717) is 12.1 Å². The highest BCUT2D eigenvalue weighted by molar-refractivity contribution is 5.83. The second-order valence-corrected chi connectivity index (χ2v) is 3.77. The summed E-state index contributed by atoms with van der Waals surface area (Å²) in [5.41, 5.74) is 7.32. The number of nitrogens with two attached hydrogens (primary N) is 1. The number of carbonyl (C=O) groups excluding carboxylic acids is 1. The molecule has 0 heterocycles. The Hall–Kier alpha value is -1.16. The number of aliphatic imine (C=N–C) groups is 1. The standard InChI is InChI=1S/C11H21N3O/c1-5-6-10(12)11(15)14-9(4)7-13-8(2)3/h7,10H,5-6,12H2,1-4H3,(H,14,15)/b9-7+. The Labute approximate surface area is 91.6 Å². The van der Waals surface area contributed by atoms with Crippen LogP contribution in [-0.4, -0.2) is 17.7 Å². The van der Waals surface area contributed by atoms with E-state index in [-0.39, 0.29) is 5.91 Å². The third kappa shape index (κ3) is 6.85. The molecule has 15 heavy (non-hydrogen) atoms. The van der Waals surface area contributed by atoms with E-state index in [1.165, 1.54) is 0 Å². The van der Waals surface area contributed by atoms with Crippen LogP contribution in [0.3, 0.4) is 0 Å². The van der Waals surface area contributed by atoms with E-state index in [0.717, 1.165) is 12.1 Å². The van der Waals surface area contributed by atoms with Crippen molar-refractivity contribution in [2.75, 3.05) is 0 Å². The second-order valence-electron chi connectivity index (χ2n) is 3.77. The third-order valence-electron chi connectivity index (χ3n) is 1.77. The van der Waals surface area contributed by atoms with Crippen LogP contribution in [0.5, 0.6) is 0 Å². The zero-order valence-electron chi connectivity index (χ0n) is 10.0. The molecule has 0 saturated carbocycles. The van der Waals surface area contributed by atoms with Crippen LogP contribution in [0.15, 0.2) is 16.9 Å². The van der Waals surface area contributed by atoms with Gasteiger partial charge in [-0.1, -0.05) is 13.3 Å². The van der Waals surface area contributed by atoms with Gasteiger partial charge in [-0.15, -0.1) is 0 Å². The molecule has 0 spiro atoms. The Balaban J connectivity index is 4.17. The molecule has 1 unspecified atom stereocenters. The van der Waals surface area contributed by atoms with E-state index in [4.69, 9.17) is 5.73 Å². The molecule has 1 amide bonds. The van der Waals surface area contributed by atoms with Gasteiger partial charge in [-0.3, -0.25) is 9.79 Å². The lowest BCUT2D eigenvalue weighted by Crippen LogP contribution is -2.39. The fraction of sp³-hybridized carbons (Fsp3) is 0.636. The molecule has 0 saturated heterocycles. The summed E-state index contributed by atoms with van der Waals surface area (Å²) in [5, 5.41) is 2.71. The number of hydrogen-bond donors (Lipinski definition) is 2. The molecule has 0 rings (SSSR count). The maximum Gasteiger partial charge on any atom is 0.241 e. The molecular formula is C11H21N3O. The molecule has 0 aliphatic rings. The number of nitrogens with zero attached hydrogens (tertiary/aromatic N) is 1. The van der Waals surface area contributed by atoms with Gasteiger partial charge >= 0.3 is 0 Å². The van der Waals surface area contributed by atoms with Gasteiger partial charge in [-0.25, -0.2) is 0 Å². The van der Waals surface area contributed by atoms with Crippen molar-refractivity contribution in [3.63, 3.8) is 0 Å². The summed E-state index contributed by atoms with van der Waals surface area (Å²) in [5.74, 6) is -0.144. The number of rotatable bonds is 5. The predicted molar refractivity (Wildman–Crippen MR) is 63.6 cm³/mol. The Kier molecular flexibility index (Phi) is 6.62. The van der Waals surface area contributed by atoms with Crippen LogP contribution in [0.2, 0.25) is 0 Å². The van der Waals surface area contributed by atoms with Crippen molar-refractivity contribution in [1.29, 1.82) is 0 Å². The number of nitrogens with one attached hydrogen (secondary N) is 1. The van der Waals surface area contributed by atoms with E-state index in [1.54, 1.807) is 13.1 Å². The minimum absolute atomic E-state index is 0.144. The molecule has 0 bridgehead atoms. The number of carbonyl (C=O) groups is 1. The highest BCUT2D eigenvalue weighted by Crippen LogP contribution is 1.95. The van der Waals surface area contributed by atoms with Crippen molar-refractivity contribution >= 4 is 11.6 Å². The predicted octanol–water partition coefficient (Wildman–Crippen LogP) is 1.57. The van der Waals surface area contributed by atoms with Crippen LogP contribution < -0.4 is 11.1 Å². The van der Waals surface area contributed by atoms with Crippen molar-refractivity contribution in [2.45, 2.75) is 46.6 Å². The average Bonchev–Trinajstić information content (AvgIpc) is 2.15. The molecule has 86 valence electrons. The van der Waals surface area contributed by atoms with Gasteiger partial charge in [0.15, 0.2) is 0 Å². The Morgan fingerprint density at radius 3 is 2.53 bits per heavy atom. The van der Waals surface area contributed by atoms with Crippen molar-refractivity contribution in [1.82, 2.24) is 5.32 Å². The van der Waals surface area contributed by atoms with Gasteiger partial charge in [0.2, 0.25) is 5.91 Å². The zero-order chi connectivity index (χ0) is 11.8. The first-order chi connectivity index (χ1) is 6.97. The van der Waals surface area contributed by atoms with Crippen LogP contribution >= 0.6 is 0 Å². The van der Waals surface area contributed by atoms with E-state index in [2.05, 4.69) is 10.3 Å². The summed E-state index contributed by atoms with van der Waals surface area (Å²) in [6.45, 7) is 7.59. The molecule has 0 aromatic carbocycles. The van der Waals surface area contributed by atoms with Crippen LogP contribution in [-0.2, 0) is 4.79 Å². The Bertz CT molecular complexity index is 265. The van der Waals surface area contributed by atoms with E-state index >= 15 is 0 Å². The highest BCUT2D eigenvalue weighted by atomic mass is 16.2. The van der Waals surface area contributed by atoms with Crippen molar-refractivity contribution in [3.05, 3.63) is 11.9 Å². The Morgan fingerprint density at radius 1 is 1.47 bits per heavy atom. The average molecular weight is 211 g/mol. The van der Waals surface area contributed by atoms with Crippen LogP contribution in [0.4, 0.5) is 0 Å². The van der Waals surface area contributed by atoms with Gasteiger partial charge in [0, 0.05) is 17.6 Å². The van der Waals surface area contributed by atoms with Crippen LogP contribution in [0.1, 0.15) is 40.5 Å². The summed E-state index contributed by atoms with van der Waals surface area (Å²) >= 11 is 0. The van der Waals surface area contributed by atoms with Gasteiger partial charge in [0.05, 0.1) is 6.04 Å². The van der Waals surface area contributed by atoms with E-state index in [1.807, 2.05) is 20.8 Å². The van der Waals surface area contributed by atoms with Gasteiger partial charge in [0.1, 0.15) is 0 Å². The fourth-order valence-electron chi connectivity index (χ4n) is 0.987. The van der Waals surface area contributed by atoms with Crippen molar-refractivity contribution in [2.24, 2.45) is 10.7 Å². The number of hydrogen-bond acceptors (Lipinski definition) is 3. The Morgan fingerprint density at radius 2 is 2.07 bits per heavy atom. The molecule has 0 radical (unpaired) electrons. The van der Waals surface area contributed by atoms with E-state index < -0.39 is 6.04 Å². The maximum absolute atomic E-state index is 11.5. The van der Waals surface area contributed by atoms with Crippen molar-refractivity contribution in [3.8, 4) is 0 Å². The molecule has 0 aliphatic heterocycles. The minimum atomic E-state index is -0.426. The van der Waals surface area contributed by atoms with Gasteiger partial charge in [-0.2, -0.15) is 0 Å². The van der Waals surface area contributed by atoms with Gasteiger partial charge in [-0.05, 0) is 27.2 Å². The smallest absolute Gasteiger partial charge is 0.241 e. The molecule has 0 aromatic rings. The quantitative estimate of drug-likeness (QED) is 0.678. The number of allylic oxidation sites excluding steroid dienone is 1. The molecule has 0 aromatic heterocycles. The lowest BCUT2D eigenvalue weighted by molar-refractivity contribution is -0.121. The first kappa shape index (κ1) is 13.8. The zero-order valence-corrected chi connectivity index (χ0v) is 10.0. The normalized spacial score (nSPS) is 13.3. The number of amides is 1. The fourth-order valence-corrected chi connectivity index (χ4v) is 0.987. The molecule has 4 heteroatoms. The summed E-state index contributed by atoms with van der Waals surface area (Å²) in [4.78, 5) is 15.5. The minimum Gasteiger partial charge on any atom is -0.327 e. The molecule has 4 nitrogen and oxygen atoms in total. The second kappa shape index (κ2) is 7.17. The third-order valence-corrected chi connectivity index (χ3v) is 1.77. The molecule has 0 fully saturated rings. The summed E-state index contributed by atoms with van der Waals surface area (Å²) in [6.07, 6.45) is 3.24. The first-order valence-electron chi connectivity index (χ1n) is 5.21. The maximum atomic E-state index is 11.5. The largest absolute Gasteiger partial charge is 0.327 e. The summed E-state index contributed by atoms with van der Waals surface area (Å²) in [7, 11) is 0. The first-order valence-corrected chi connectivity index (χ1v) is 5.21. The van der Waals surface area contributed by atoms with Gasteiger partial charge < -0.3 is 11.1 Å². The SMILES string of the molecule is CCCC(N)C(=O)N/C(C)=C/N=C(C)C. The highest BCUT2D eigenvalue weighted by Gasteiger charge is 2.11. The molecule has 3 N–H and O–H groups in total. The van der Waals surface area contributed by atoms with Crippen LogP contribution in [0.25, 0.3) is 0 Å².